The predicted molar refractivity (Wildman–Crippen MR) is 76.5 cm³/mol. The smallest absolute Gasteiger partial charge is 0.337 e. The molecule has 0 spiro atoms. The van der Waals surface area contributed by atoms with Gasteiger partial charge in [0.2, 0.25) is 10.0 Å². The Bertz CT molecular complexity index is 601. The maximum absolute atomic E-state index is 12.6. The molecular formula is C14H19NO5S. The Kier molecular flexibility index (Phi) is 4.65. The molecule has 0 aromatic heterocycles. The molecule has 116 valence electrons. The number of nitrogens with zero attached hydrogens (tertiary/aromatic N) is 1. The highest BCUT2D eigenvalue weighted by Crippen LogP contribution is 2.21. The van der Waals surface area contributed by atoms with Gasteiger partial charge in [-0.2, -0.15) is 4.31 Å². The average Bonchev–Trinajstić information content (AvgIpc) is 2.45. The number of ether oxygens (including phenoxy) is 2. The van der Waals surface area contributed by atoms with Gasteiger partial charge in [0, 0.05) is 13.1 Å². The summed E-state index contributed by atoms with van der Waals surface area (Å²) in [6.07, 6.45) is -0.282. The van der Waals surface area contributed by atoms with Crippen LogP contribution in [0.4, 0.5) is 0 Å². The second-order valence-electron chi connectivity index (χ2n) is 5.10. The zero-order chi connectivity index (χ0) is 15.6. The molecule has 1 aromatic rings. The van der Waals surface area contributed by atoms with Crippen LogP contribution in [-0.2, 0) is 19.5 Å². The summed E-state index contributed by atoms with van der Waals surface area (Å²) in [6.45, 7) is 4.34. The molecule has 1 fully saturated rings. The van der Waals surface area contributed by atoms with Crippen molar-refractivity contribution in [3.63, 3.8) is 0 Å². The summed E-state index contributed by atoms with van der Waals surface area (Å²) in [5.74, 6) is -0.493. The first kappa shape index (κ1) is 15.9. The van der Waals surface area contributed by atoms with Gasteiger partial charge in [-0.15, -0.1) is 0 Å². The Hall–Kier alpha value is -1.44. The molecule has 0 aliphatic carbocycles. The minimum absolute atomic E-state index is 0.141. The van der Waals surface area contributed by atoms with E-state index in [9.17, 15) is 13.2 Å². The normalized spacial score (nSPS) is 23.8. The highest BCUT2D eigenvalue weighted by atomic mass is 32.2. The van der Waals surface area contributed by atoms with Gasteiger partial charge in [-0.05, 0) is 38.1 Å². The SMILES string of the molecule is COC(=O)c1ccc(S(=O)(=O)N2CC(C)OC(C)C2)cc1. The molecule has 21 heavy (non-hydrogen) atoms. The van der Waals surface area contributed by atoms with E-state index in [1.807, 2.05) is 13.8 Å². The zero-order valence-electron chi connectivity index (χ0n) is 12.3. The van der Waals surface area contributed by atoms with Crippen molar-refractivity contribution in [3.8, 4) is 0 Å². The lowest BCUT2D eigenvalue weighted by Gasteiger charge is -2.34. The molecule has 2 rings (SSSR count). The van der Waals surface area contributed by atoms with Gasteiger partial charge in [-0.25, -0.2) is 13.2 Å². The molecule has 2 unspecified atom stereocenters. The number of carbonyl (C=O) groups is 1. The van der Waals surface area contributed by atoms with Gasteiger partial charge in [0.05, 0.1) is 29.8 Å². The summed E-state index contributed by atoms with van der Waals surface area (Å²) in [7, 11) is -2.29. The van der Waals surface area contributed by atoms with Crippen LogP contribution in [0.25, 0.3) is 0 Å². The summed E-state index contributed by atoms with van der Waals surface area (Å²) in [5.41, 5.74) is 0.320. The van der Waals surface area contributed by atoms with Gasteiger partial charge in [0.1, 0.15) is 0 Å². The highest BCUT2D eigenvalue weighted by Gasteiger charge is 2.32. The lowest BCUT2D eigenvalue weighted by molar-refractivity contribution is -0.0440. The quantitative estimate of drug-likeness (QED) is 0.786. The monoisotopic (exact) mass is 313 g/mol. The van der Waals surface area contributed by atoms with Crippen LogP contribution >= 0.6 is 0 Å². The third-order valence-electron chi connectivity index (χ3n) is 3.30. The molecule has 0 saturated carbocycles. The van der Waals surface area contributed by atoms with Crippen LogP contribution < -0.4 is 0 Å². The standard InChI is InChI=1S/C14H19NO5S/c1-10-8-15(9-11(2)20-10)21(17,18)13-6-4-12(5-7-13)14(16)19-3/h4-7,10-11H,8-9H2,1-3H3. The Morgan fingerprint density at radius 3 is 2.19 bits per heavy atom. The van der Waals surface area contributed by atoms with Crippen LogP contribution in [0.5, 0.6) is 0 Å². The van der Waals surface area contributed by atoms with Gasteiger partial charge in [-0.1, -0.05) is 0 Å². The van der Waals surface area contributed by atoms with Gasteiger partial charge in [0.15, 0.2) is 0 Å². The van der Waals surface area contributed by atoms with Crippen molar-refractivity contribution in [1.29, 1.82) is 0 Å². The van der Waals surface area contributed by atoms with Crippen molar-refractivity contribution in [1.82, 2.24) is 4.31 Å². The molecule has 2 atom stereocenters. The first-order valence-electron chi connectivity index (χ1n) is 6.68. The fourth-order valence-corrected chi connectivity index (χ4v) is 3.95. The molecular weight excluding hydrogens is 294 g/mol. The van der Waals surface area contributed by atoms with Crippen molar-refractivity contribution in [3.05, 3.63) is 29.8 Å². The van der Waals surface area contributed by atoms with Crippen LogP contribution in [0.2, 0.25) is 0 Å². The van der Waals surface area contributed by atoms with Gasteiger partial charge < -0.3 is 9.47 Å². The minimum atomic E-state index is -3.58. The Labute approximate surface area is 124 Å². The van der Waals surface area contributed by atoms with Crippen LogP contribution in [-0.4, -0.2) is 51.1 Å². The van der Waals surface area contributed by atoms with Crippen molar-refractivity contribution in [2.24, 2.45) is 0 Å². The predicted octanol–water partition coefficient (Wildman–Crippen LogP) is 1.27. The summed E-state index contributed by atoms with van der Waals surface area (Å²) in [4.78, 5) is 11.5. The van der Waals surface area contributed by atoms with Gasteiger partial charge >= 0.3 is 5.97 Å². The maximum Gasteiger partial charge on any atom is 0.337 e. The number of hydrogen-bond donors (Lipinski definition) is 0. The summed E-state index contributed by atoms with van der Waals surface area (Å²) in [5, 5.41) is 0. The Morgan fingerprint density at radius 1 is 1.19 bits per heavy atom. The van der Waals surface area contributed by atoms with E-state index in [1.54, 1.807) is 0 Å². The number of carbonyl (C=O) groups excluding carboxylic acids is 1. The largest absolute Gasteiger partial charge is 0.465 e. The molecule has 7 heteroatoms. The third kappa shape index (κ3) is 3.42. The fourth-order valence-electron chi connectivity index (χ4n) is 2.36. The lowest BCUT2D eigenvalue weighted by Crippen LogP contribution is -2.48. The molecule has 0 radical (unpaired) electrons. The average molecular weight is 313 g/mol. The van der Waals surface area contributed by atoms with Crippen LogP contribution in [0.15, 0.2) is 29.2 Å². The second kappa shape index (κ2) is 6.13. The van der Waals surface area contributed by atoms with Crippen LogP contribution in [0, 0.1) is 0 Å². The van der Waals surface area contributed by atoms with Crippen LogP contribution in [0.1, 0.15) is 24.2 Å². The van der Waals surface area contributed by atoms with Crippen molar-refractivity contribution in [2.75, 3.05) is 20.2 Å². The number of methoxy groups -OCH3 is 1. The highest BCUT2D eigenvalue weighted by molar-refractivity contribution is 7.89. The maximum atomic E-state index is 12.6. The summed E-state index contributed by atoms with van der Waals surface area (Å²) >= 11 is 0. The molecule has 1 aliphatic rings. The van der Waals surface area contributed by atoms with E-state index in [-0.39, 0.29) is 17.1 Å². The number of rotatable bonds is 3. The Balaban J connectivity index is 2.25. The first-order valence-corrected chi connectivity index (χ1v) is 8.12. The number of sulfonamides is 1. The summed E-state index contributed by atoms with van der Waals surface area (Å²) in [6, 6.07) is 5.75. The van der Waals surface area contributed by atoms with Gasteiger partial charge in [-0.3, -0.25) is 0 Å². The lowest BCUT2D eigenvalue weighted by atomic mass is 10.2. The van der Waals surface area contributed by atoms with Crippen molar-refractivity contribution >= 4 is 16.0 Å². The molecule has 0 N–H and O–H groups in total. The molecule has 0 bridgehead atoms. The minimum Gasteiger partial charge on any atom is -0.465 e. The van der Waals surface area contributed by atoms with Crippen molar-refractivity contribution < 1.29 is 22.7 Å². The molecule has 0 amide bonds. The molecule has 1 aromatic carbocycles. The summed E-state index contributed by atoms with van der Waals surface area (Å²) < 4.78 is 36.7. The third-order valence-corrected chi connectivity index (χ3v) is 5.15. The Morgan fingerprint density at radius 2 is 1.71 bits per heavy atom. The topological polar surface area (TPSA) is 72.9 Å². The van der Waals surface area contributed by atoms with E-state index in [0.717, 1.165) is 0 Å². The van der Waals surface area contributed by atoms with E-state index < -0.39 is 16.0 Å². The zero-order valence-corrected chi connectivity index (χ0v) is 13.1. The molecule has 1 saturated heterocycles. The molecule has 1 heterocycles. The van der Waals surface area contributed by atoms with E-state index in [2.05, 4.69) is 4.74 Å². The second-order valence-corrected chi connectivity index (χ2v) is 7.03. The molecule has 6 nitrogen and oxygen atoms in total. The van der Waals surface area contributed by atoms with E-state index in [0.29, 0.717) is 18.7 Å². The number of benzene rings is 1. The molecule has 1 aliphatic heterocycles. The number of morpholine rings is 1. The van der Waals surface area contributed by atoms with E-state index >= 15 is 0 Å². The number of esters is 1. The van der Waals surface area contributed by atoms with E-state index in [1.165, 1.54) is 35.7 Å². The van der Waals surface area contributed by atoms with Crippen molar-refractivity contribution in [2.45, 2.75) is 31.0 Å². The van der Waals surface area contributed by atoms with Crippen LogP contribution in [0.3, 0.4) is 0 Å². The van der Waals surface area contributed by atoms with Gasteiger partial charge in [0.25, 0.3) is 0 Å². The van der Waals surface area contributed by atoms with E-state index in [4.69, 9.17) is 4.74 Å². The number of hydrogen-bond acceptors (Lipinski definition) is 5. The first-order chi connectivity index (χ1) is 9.84. The fraction of sp³-hybridized carbons (Fsp3) is 0.500.